The summed E-state index contributed by atoms with van der Waals surface area (Å²) in [5, 5.41) is 13.3. The molecule has 0 radical (unpaired) electrons. The Labute approximate surface area is 151 Å². The first-order valence-corrected chi connectivity index (χ1v) is 7.96. The molecule has 2 aromatic rings. The van der Waals surface area contributed by atoms with E-state index in [1.165, 1.54) is 12.1 Å². The molecule has 8 heteroatoms. The van der Waals surface area contributed by atoms with E-state index in [2.05, 4.69) is 20.8 Å². The maximum absolute atomic E-state index is 13.1. The van der Waals surface area contributed by atoms with Gasteiger partial charge in [0.05, 0.1) is 6.04 Å². The van der Waals surface area contributed by atoms with E-state index in [0.29, 0.717) is 12.2 Å². The molecule has 0 spiro atoms. The number of fused-ring (bicyclic) bond motifs is 1. The maximum Gasteiger partial charge on any atom is 0.272 e. The molecule has 2 atom stereocenters. The predicted octanol–water partition coefficient (Wildman–Crippen LogP) is 2.12. The van der Waals surface area contributed by atoms with Crippen LogP contribution in [0.1, 0.15) is 40.3 Å². The van der Waals surface area contributed by atoms with Gasteiger partial charge in [-0.25, -0.2) is 4.39 Å². The molecule has 1 aromatic heterocycles. The highest BCUT2D eigenvalue weighted by atomic mass is 35.5. The van der Waals surface area contributed by atoms with E-state index in [9.17, 15) is 9.18 Å². The highest BCUT2D eigenvalue weighted by Gasteiger charge is 2.26. The van der Waals surface area contributed by atoms with Gasteiger partial charge in [-0.05, 0) is 24.6 Å². The number of carbonyl (C=O) groups excluding carboxylic acids is 1. The molecule has 0 bridgehead atoms. The molecule has 0 saturated heterocycles. The van der Waals surface area contributed by atoms with E-state index in [4.69, 9.17) is 4.74 Å². The minimum Gasteiger partial charge on any atom is -0.375 e. The van der Waals surface area contributed by atoms with Gasteiger partial charge in [-0.3, -0.25) is 9.89 Å². The Bertz CT molecular complexity index is 720. The molecular formula is C17H22ClFN4O2. The number of halogens is 2. The zero-order valence-corrected chi connectivity index (χ0v) is 15.0. The normalized spacial score (nSPS) is 15.6. The molecule has 3 rings (SSSR count). The first-order valence-electron chi connectivity index (χ1n) is 7.96. The fraction of sp³-hybridized carbons (Fsp3) is 0.412. The summed E-state index contributed by atoms with van der Waals surface area (Å²) in [4.78, 5) is 12.6. The summed E-state index contributed by atoms with van der Waals surface area (Å²) >= 11 is 0. The lowest BCUT2D eigenvalue weighted by molar-refractivity contribution is 0.0641. The third-order valence-corrected chi connectivity index (χ3v) is 4.29. The van der Waals surface area contributed by atoms with Crippen LogP contribution in [0.25, 0.3) is 0 Å². The zero-order chi connectivity index (χ0) is 17.1. The van der Waals surface area contributed by atoms with Gasteiger partial charge in [-0.1, -0.05) is 12.1 Å². The van der Waals surface area contributed by atoms with Gasteiger partial charge in [0.25, 0.3) is 5.91 Å². The van der Waals surface area contributed by atoms with E-state index < -0.39 is 0 Å². The summed E-state index contributed by atoms with van der Waals surface area (Å²) < 4.78 is 18.6. The first-order chi connectivity index (χ1) is 11.6. The molecule has 1 amide bonds. The highest BCUT2D eigenvalue weighted by molar-refractivity contribution is 5.94. The number of aromatic nitrogens is 2. The van der Waals surface area contributed by atoms with Crippen LogP contribution in [-0.2, 0) is 17.7 Å². The average Bonchev–Trinajstić information content (AvgIpc) is 3.01. The van der Waals surface area contributed by atoms with E-state index in [-0.39, 0.29) is 36.3 Å². The van der Waals surface area contributed by atoms with Crippen LogP contribution in [0.5, 0.6) is 0 Å². The van der Waals surface area contributed by atoms with Crippen LogP contribution in [0, 0.1) is 5.82 Å². The van der Waals surface area contributed by atoms with Gasteiger partial charge in [0.1, 0.15) is 11.9 Å². The number of hydrogen-bond acceptors (Lipinski definition) is 4. The third kappa shape index (κ3) is 4.18. The van der Waals surface area contributed by atoms with Crippen molar-refractivity contribution in [2.24, 2.45) is 0 Å². The minimum atomic E-state index is -0.373. The second-order valence-corrected chi connectivity index (χ2v) is 5.93. The van der Waals surface area contributed by atoms with Crippen LogP contribution in [-0.4, -0.2) is 35.8 Å². The first kappa shape index (κ1) is 19.4. The van der Waals surface area contributed by atoms with Crippen molar-refractivity contribution in [2.75, 3.05) is 13.7 Å². The van der Waals surface area contributed by atoms with Crippen molar-refractivity contribution >= 4 is 18.3 Å². The van der Waals surface area contributed by atoms with Gasteiger partial charge in [-0.2, -0.15) is 5.10 Å². The van der Waals surface area contributed by atoms with E-state index in [1.807, 2.05) is 6.92 Å². The van der Waals surface area contributed by atoms with Crippen molar-refractivity contribution in [1.82, 2.24) is 20.8 Å². The second-order valence-electron chi connectivity index (χ2n) is 5.93. The number of hydrogen-bond donors (Lipinski definition) is 3. The minimum absolute atomic E-state index is 0. The SMILES string of the molecule is COC(c1ccc(F)cc1)C(C)NC(=O)c1n[nH]c2c1CNCC2.Cl. The summed E-state index contributed by atoms with van der Waals surface area (Å²) in [6.45, 7) is 3.37. The monoisotopic (exact) mass is 368 g/mol. The number of methoxy groups -OCH3 is 1. The van der Waals surface area contributed by atoms with Crippen molar-refractivity contribution in [2.45, 2.75) is 32.0 Å². The number of nitrogens with one attached hydrogen (secondary N) is 3. The summed E-state index contributed by atoms with van der Waals surface area (Å²) in [5.41, 5.74) is 3.14. The predicted molar refractivity (Wildman–Crippen MR) is 94.3 cm³/mol. The van der Waals surface area contributed by atoms with E-state index in [1.54, 1.807) is 19.2 Å². The number of aromatic amines is 1. The molecule has 1 aromatic carbocycles. The fourth-order valence-electron chi connectivity index (χ4n) is 3.05. The molecule has 3 N–H and O–H groups in total. The van der Waals surface area contributed by atoms with Gasteiger partial charge < -0.3 is 15.4 Å². The van der Waals surface area contributed by atoms with Crippen LogP contribution in [0.4, 0.5) is 4.39 Å². The van der Waals surface area contributed by atoms with E-state index >= 15 is 0 Å². The van der Waals surface area contributed by atoms with Crippen LogP contribution in [0.3, 0.4) is 0 Å². The standard InChI is InChI=1S/C17H21FN4O2.ClH/c1-10(16(24-2)11-3-5-12(18)6-4-11)20-17(23)15-13-9-19-8-7-14(13)21-22-15;/h3-6,10,16,19H,7-9H2,1-2H3,(H,20,23)(H,21,22);1H. The smallest absolute Gasteiger partial charge is 0.272 e. The Kier molecular flexibility index (Phi) is 6.52. The van der Waals surface area contributed by atoms with Gasteiger partial charge in [0, 0.05) is 37.9 Å². The molecule has 0 aliphatic carbocycles. The van der Waals surface area contributed by atoms with Crippen molar-refractivity contribution in [1.29, 1.82) is 0 Å². The van der Waals surface area contributed by atoms with Gasteiger partial charge >= 0.3 is 0 Å². The molecule has 1 aliphatic heterocycles. The third-order valence-electron chi connectivity index (χ3n) is 4.29. The van der Waals surface area contributed by atoms with Gasteiger partial charge in [0.2, 0.25) is 0 Å². The second kappa shape index (κ2) is 8.42. The van der Waals surface area contributed by atoms with E-state index in [0.717, 1.165) is 29.8 Å². The number of ether oxygens (including phenoxy) is 1. The molecule has 136 valence electrons. The number of benzene rings is 1. The number of nitrogens with zero attached hydrogens (tertiary/aromatic N) is 1. The van der Waals surface area contributed by atoms with Crippen LogP contribution >= 0.6 is 12.4 Å². The Balaban J connectivity index is 0.00000225. The van der Waals surface area contributed by atoms with Crippen molar-refractivity contribution < 1.29 is 13.9 Å². The Morgan fingerprint density at radius 2 is 2.08 bits per heavy atom. The molecule has 25 heavy (non-hydrogen) atoms. The van der Waals surface area contributed by atoms with Crippen molar-refractivity contribution in [3.05, 3.63) is 52.6 Å². The Morgan fingerprint density at radius 3 is 2.76 bits per heavy atom. The number of amides is 1. The van der Waals surface area contributed by atoms with Gasteiger partial charge in [0.15, 0.2) is 5.69 Å². The molecule has 2 unspecified atom stereocenters. The molecule has 2 heterocycles. The van der Waals surface area contributed by atoms with Crippen molar-refractivity contribution in [3.63, 3.8) is 0 Å². The van der Waals surface area contributed by atoms with Crippen LogP contribution in [0.15, 0.2) is 24.3 Å². The maximum atomic E-state index is 13.1. The lowest BCUT2D eigenvalue weighted by Crippen LogP contribution is -2.38. The Morgan fingerprint density at radius 1 is 1.36 bits per heavy atom. The highest BCUT2D eigenvalue weighted by Crippen LogP contribution is 2.22. The Hall–Kier alpha value is -1.96. The molecule has 0 saturated carbocycles. The number of carbonyl (C=O) groups is 1. The zero-order valence-electron chi connectivity index (χ0n) is 14.1. The quantitative estimate of drug-likeness (QED) is 0.755. The summed E-state index contributed by atoms with van der Waals surface area (Å²) in [6, 6.07) is 5.79. The fourth-order valence-corrected chi connectivity index (χ4v) is 3.05. The van der Waals surface area contributed by atoms with Gasteiger partial charge in [-0.15, -0.1) is 12.4 Å². The lowest BCUT2D eigenvalue weighted by atomic mass is 10.0. The molecule has 6 nitrogen and oxygen atoms in total. The molecule has 1 aliphatic rings. The average molecular weight is 369 g/mol. The van der Waals surface area contributed by atoms with Crippen LogP contribution < -0.4 is 10.6 Å². The van der Waals surface area contributed by atoms with Crippen LogP contribution in [0.2, 0.25) is 0 Å². The largest absolute Gasteiger partial charge is 0.375 e. The summed E-state index contributed by atoms with van der Waals surface area (Å²) in [7, 11) is 1.57. The molecular weight excluding hydrogens is 347 g/mol. The molecule has 0 fully saturated rings. The van der Waals surface area contributed by atoms with Crippen molar-refractivity contribution in [3.8, 4) is 0 Å². The summed E-state index contributed by atoms with van der Waals surface area (Å²) in [5.74, 6) is -0.547. The lowest BCUT2D eigenvalue weighted by Gasteiger charge is -2.24. The number of rotatable bonds is 5. The number of H-pyrrole nitrogens is 1. The topological polar surface area (TPSA) is 79.0 Å². The summed E-state index contributed by atoms with van der Waals surface area (Å²) in [6.07, 6.45) is 0.462.